The van der Waals surface area contributed by atoms with Gasteiger partial charge in [0.1, 0.15) is 0 Å². The van der Waals surface area contributed by atoms with Gasteiger partial charge < -0.3 is 5.32 Å². The van der Waals surface area contributed by atoms with E-state index in [-0.39, 0.29) is 0 Å². The van der Waals surface area contributed by atoms with Gasteiger partial charge in [-0.1, -0.05) is 30.4 Å². The SMILES string of the molecule is C1=CCc2ccccc2NCC1. The fourth-order valence-electron chi connectivity index (χ4n) is 1.49. The van der Waals surface area contributed by atoms with Gasteiger partial charge in [0.15, 0.2) is 0 Å². The molecule has 62 valence electrons. The van der Waals surface area contributed by atoms with Crippen LogP contribution in [0.2, 0.25) is 0 Å². The highest BCUT2D eigenvalue weighted by Gasteiger charge is 1.99. The number of anilines is 1. The standard InChI is InChI=1S/C11H13N/c1-2-6-10-7-3-4-8-11(10)12-9-5-1/h1-4,7-8,12H,5-6,9H2. The Labute approximate surface area is 73.1 Å². The van der Waals surface area contributed by atoms with E-state index in [9.17, 15) is 0 Å². The summed E-state index contributed by atoms with van der Waals surface area (Å²) in [5, 5.41) is 3.41. The van der Waals surface area contributed by atoms with Gasteiger partial charge in [-0.2, -0.15) is 0 Å². The van der Waals surface area contributed by atoms with Crippen molar-refractivity contribution in [2.24, 2.45) is 0 Å². The second-order valence-electron chi connectivity index (χ2n) is 3.05. The zero-order chi connectivity index (χ0) is 8.23. The lowest BCUT2D eigenvalue weighted by atomic mass is 10.1. The first-order chi connectivity index (χ1) is 5.97. The van der Waals surface area contributed by atoms with Crippen LogP contribution in [0.5, 0.6) is 0 Å². The summed E-state index contributed by atoms with van der Waals surface area (Å²) in [6.45, 7) is 1.05. The second kappa shape index (κ2) is 3.44. The summed E-state index contributed by atoms with van der Waals surface area (Å²) in [6, 6.07) is 8.50. The molecule has 1 aliphatic heterocycles. The van der Waals surface area contributed by atoms with E-state index >= 15 is 0 Å². The average molecular weight is 159 g/mol. The molecule has 1 N–H and O–H groups in total. The van der Waals surface area contributed by atoms with Gasteiger partial charge in [0.25, 0.3) is 0 Å². The minimum absolute atomic E-state index is 1.05. The van der Waals surface area contributed by atoms with Crippen LogP contribution < -0.4 is 5.32 Å². The number of rotatable bonds is 0. The highest BCUT2D eigenvalue weighted by atomic mass is 14.9. The number of allylic oxidation sites excluding steroid dienone is 1. The van der Waals surface area contributed by atoms with E-state index < -0.39 is 0 Å². The third kappa shape index (κ3) is 1.50. The summed E-state index contributed by atoms with van der Waals surface area (Å²) in [5.74, 6) is 0. The van der Waals surface area contributed by atoms with Gasteiger partial charge in [-0.25, -0.2) is 0 Å². The van der Waals surface area contributed by atoms with Crippen LogP contribution in [0.1, 0.15) is 12.0 Å². The molecule has 1 nitrogen and oxygen atoms in total. The largest absolute Gasteiger partial charge is 0.385 e. The predicted molar refractivity (Wildman–Crippen MR) is 52.4 cm³/mol. The Kier molecular flexibility index (Phi) is 2.12. The van der Waals surface area contributed by atoms with Crippen molar-refractivity contribution in [3.63, 3.8) is 0 Å². The number of nitrogens with one attached hydrogen (secondary N) is 1. The zero-order valence-corrected chi connectivity index (χ0v) is 7.09. The monoisotopic (exact) mass is 159 g/mol. The Morgan fingerprint density at radius 3 is 3.00 bits per heavy atom. The molecule has 0 saturated carbocycles. The lowest BCUT2D eigenvalue weighted by molar-refractivity contribution is 1.03. The van der Waals surface area contributed by atoms with Crippen LogP contribution in [0.4, 0.5) is 5.69 Å². The minimum Gasteiger partial charge on any atom is -0.385 e. The van der Waals surface area contributed by atoms with Gasteiger partial charge in [-0.3, -0.25) is 0 Å². The van der Waals surface area contributed by atoms with Crippen molar-refractivity contribution in [1.29, 1.82) is 0 Å². The Morgan fingerprint density at radius 1 is 1.08 bits per heavy atom. The quantitative estimate of drug-likeness (QED) is 0.574. The summed E-state index contributed by atoms with van der Waals surface area (Å²) >= 11 is 0. The highest BCUT2D eigenvalue weighted by molar-refractivity contribution is 5.52. The van der Waals surface area contributed by atoms with E-state index in [0.717, 1.165) is 19.4 Å². The van der Waals surface area contributed by atoms with E-state index in [4.69, 9.17) is 0 Å². The maximum atomic E-state index is 3.41. The molecule has 0 saturated heterocycles. The van der Waals surface area contributed by atoms with Gasteiger partial charge >= 0.3 is 0 Å². The van der Waals surface area contributed by atoms with E-state index in [0.29, 0.717) is 0 Å². The first-order valence-corrected chi connectivity index (χ1v) is 4.43. The molecule has 0 aromatic heterocycles. The summed E-state index contributed by atoms with van der Waals surface area (Å²) in [4.78, 5) is 0. The number of para-hydroxylation sites is 1. The molecule has 0 unspecified atom stereocenters. The zero-order valence-electron chi connectivity index (χ0n) is 7.09. The molecule has 0 aliphatic carbocycles. The maximum Gasteiger partial charge on any atom is 0.0375 e. The third-order valence-corrected chi connectivity index (χ3v) is 2.15. The molecule has 0 atom stereocenters. The molecule has 2 rings (SSSR count). The van der Waals surface area contributed by atoms with Crippen LogP contribution in [0.25, 0.3) is 0 Å². The van der Waals surface area contributed by atoms with E-state index in [1.807, 2.05) is 0 Å². The Balaban J connectivity index is 2.32. The van der Waals surface area contributed by atoms with Gasteiger partial charge in [-0.15, -0.1) is 0 Å². The van der Waals surface area contributed by atoms with Crippen molar-refractivity contribution in [3.8, 4) is 0 Å². The minimum atomic E-state index is 1.05. The molecule has 1 heterocycles. The van der Waals surface area contributed by atoms with Crippen molar-refractivity contribution in [2.75, 3.05) is 11.9 Å². The van der Waals surface area contributed by atoms with Crippen LogP contribution in [0, 0.1) is 0 Å². The molecule has 1 heteroatoms. The van der Waals surface area contributed by atoms with E-state index in [1.54, 1.807) is 0 Å². The summed E-state index contributed by atoms with van der Waals surface area (Å²) in [6.07, 6.45) is 6.68. The number of benzene rings is 1. The summed E-state index contributed by atoms with van der Waals surface area (Å²) in [5.41, 5.74) is 2.69. The van der Waals surface area contributed by atoms with Gasteiger partial charge in [0.05, 0.1) is 0 Å². The Hall–Kier alpha value is -1.24. The molecule has 1 aromatic rings. The van der Waals surface area contributed by atoms with Crippen molar-refractivity contribution >= 4 is 5.69 Å². The van der Waals surface area contributed by atoms with Crippen LogP contribution in [-0.4, -0.2) is 6.54 Å². The molecule has 0 bridgehead atoms. The van der Waals surface area contributed by atoms with Crippen molar-refractivity contribution in [3.05, 3.63) is 42.0 Å². The second-order valence-corrected chi connectivity index (χ2v) is 3.05. The van der Waals surface area contributed by atoms with Crippen molar-refractivity contribution in [2.45, 2.75) is 12.8 Å². The number of hydrogen-bond donors (Lipinski definition) is 1. The Morgan fingerprint density at radius 2 is 2.00 bits per heavy atom. The number of fused-ring (bicyclic) bond motifs is 1. The molecule has 0 radical (unpaired) electrons. The highest BCUT2D eigenvalue weighted by Crippen LogP contribution is 2.17. The van der Waals surface area contributed by atoms with Crippen LogP contribution in [0.15, 0.2) is 36.4 Å². The molecule has 0 amide bonds. The lowest BCUT2D eigenvalue weighted by Crippen LogP contribution is -2.04. The summed E-state index contributed by atoms with van der Waals surface area (Å²) in [7, 11) is 0. The first-order valence-electron chi connectivity index (χ1n) is 4.43. The molecular weight excluding hydrogens is 146 g/mol. The molecule has 12 heavy (non-hydrogen) atoms. The maximum absolute atomic E-state index is 3.41. The smallest absolute Gasteiger partial charge is 0.0375 e. The fraction of sp³-hybridized carbons (Fsp3) is 0.273. The molecule has 0 spiro atoms. The van der Waals surface area contributed by atoms with Crippen LogP contribution >= 0.6 is 0 Å². The lowest BCUT2D eigenvalue weighted by Gasteiger charge is -2.11. The Bertz CT molecular complexity index is 289. The average Bonchev–Trinajstić information content (AvgIpc) is 2.06. The van der Waals surface area contributed by atoms with E-state index in [1.165, 1.54) is 11.3 Å². The molecule has 0 fully saturated rings. The van der Waals surface area contributed by atoms with Crippen molar-refractivity contribution < 1.29 is 0 Å². The van der Waals surface area contributed by atoms with Gasteiger partial charge in [0.2, 0.25) is 0 Å². The molecule has 1 aromatic carbocycles. The fourth-order valence-corrected chi connectivity index (χ4v) is 1.49. The first kappa shape index (κ1) is 7.41. The number of hydrogen-bond acceptors (Lipinski definition) is 1. The van der Waals surface area contributed by atoms with Crippen LogP contribution in [0.3, 0.4) is 0 Å². The van der Waals surface area contributed by atoms with E-state index in [2.05, 4.69) is 41.7 Å². The van der Waals surface area contributed by atoms with Crippen LogP contribution in [-0.2, 0) is 6.42 Å². The summed E-state index contributed by atoms with van der Waals surface area (Å²) < 4.78 is 0. The topological polar surface area (TPSA) is 12.0 Å². The van der Waals surface area contributed by atoms with Gasteiger partial charge in [0, 0.05) is 12.2 Å². The third-order valence-electron chi connectivity index (χ3n) is 2.15. The normalized spacial score (nSPS) is 15.7. The van der Waals surface area contributed by atoms with Gasteiger partial charge in [-0.05, 0) is 24.5 Å². The molecule has 1 aliphatic rings. The van der Waals surface area contributed by atoms with Crippen molar-refractivity contribution in [1.82, 2.24) is 0 Å². The molecular formula is C11H13N. The predicted octanol–water partition coefficient (Wildman–Crippen LogP) is 2.60.